The number of rotatable bonds is 9. The van der Waals surface area contributed by atoms with Gasteiger partial charge in [0.1, 0.15) is 11.5 Å². The molecule has 0 radical (unpaired) electrons. The highest BCUT2D eigenvalue weighted by molar-refractivity contribution is 5.95. The number of ether oxygens (including phenoxy) is 1. The van der Waals surface area contributed by atoms with Gasteiger partial charge in [0.25, 0.3) is 5.91 Å². The van der Waals surface area contributed by atoms with Crippen LogP contribution in [-0.2, 0) is 6.42 Å². The van der Waals surface area contributed by atoms with E-state index >= 15 is 0 Å². The van der Waals surface area contributed by atoms with Crippen molar-refractivity contribution < 1.29 is 24.9 Å². The van der Waals surface area contributed by atoms with Crippen molar-refractivity contribution in [3.63, 3.8) is 0 Å². The van der Waals surface area contributed by atoms with Crippen LogP contribution in [0.25, 0.3) is 0 Å². The van der Waals surface area contributed by atoms with E-state index in [0.29, 0.717) is 23.2 Å². The van der Waals surface area contributed by atoms with Gasteiger partial charge in [-0.15, -0.1) is 0 Å². The number of methoxy groups -OCH3 is 1. The molecule has 1 amide bonds. The van der Waals surface area contributed by atoms with Gasteiger partial charge in [0.2, 0.25) is 0 Å². The second-order valence-corrected chi connectivity index (χ2v) is 10.9. The van der Waals surface area contributed by atoms with Crippen LogP contribution in [0.1, 0.15) is 42.3 Å². The summed E-state index contributed by atoms with van der Waals surface area (Å²) in [6.45, 7) is 9.66. The van der Waals surface area contributed by atoms with Crippen molar-refractivity contribution in [3.05, 3.63) is 71.3 Å². The standard InChI is InChI=1S/C31H40N4O5/c1-19(2)27(18-34-10-11-35(20(3)17-34)24-6-5-7-25(36)15-24)33-31(39)22-9-8-21(26(32)13-22)12-23-14-29(38)30(40-4)16-28(23)37/h5-9,13-16,19-20,27,36-38H,10-12,17-18,32H2,1-4H3,(H,33,39)/t20-,27+/m0/s1. The zero-order valence-corrected chi connectivity index (χ0v) is 23.6. The predicted molar refractivity (Wildman–Crippen MR) is 157 cm³/mol. The van der Waals surface area contributed by atoms with Gasteiger partial charge in [-0.3, -0.25) is 9.69 Å². The molecule has 3 aromatic rings. The minimum Gasteiger partial charge on any atom is -0.508 e. The van der Waals surface area contributed by atoms with Gasteiger partial charge in [0, 0.05) is 79.3 Å². The lowest BCUT2D eigenvalue weighted by Crippen LogP contribution is -2.56. The highest BCUT2D eigenvalue weighted by Crippen LogP contribution is 2.35. The Morgan fingerprint density at radius 2 is 1.82 bits per heavy atom. The fraction of sp³-hybridized carbons (Fsp3) is 0.387. The number of piperazine rings is 1. The molecule has 2 atom stereocenters. The monoisotopic (exact) mass is 548 g/mol. The number of nitrogens with zero attached hydrogens (tertiary/aromatic N) is 2. The molecule has 0 spiro atoms. The second-order valence-electron chi connectivity index (χ2n) is 10.9. The van der Waals surface area contributed by atoms with E-state index in [1.807, 2.05) is 12.1 Å². The minimum absolute atomic E-state index is 0.00675. The lowest BCUT2D eigenvalue weighted by atomic mass is 9.99. The number of phenols is 3. The molecule has 40 heavy (non-hydrogen) atoms. The van der Waals surface area contributed by atoms with Gasteiger partial charge in [0.05, 0.1) is 7.11 Å². The van der Waals surface area contributed by atoms with Crippen LogP contribution in [0.15, 0.2) is 54.6 Å². The van der Waals surface area contributed by atoms with Gasteiger partial charge in [-0.25, -0.2) is 0 Å². The maximum atomic E-state index is 13.2. The molecule has 9 nitrogen and oxygen atoms in total. The normalized spacial score (nSPS) is 16.6. The van der Waals surface area contributed by atoms with Gasteiger partial charge in [-0.05, 0) is 48.7 Å². The maximum Gasteiger partial charge on any atom is 0.251 e. The summed E-state index contributed by atoms with van der Waals surface area (Å²) in [6.07, 6.45) is 0.290. The third-order valence-corrected chi connectivity index (χ3v) is 7.62. The number of nitrogens with two attached hydrogens (primary N) is 1. The number of anilines is 2. The first-order valence-corrected chi connectivity index (χ1v) is 13.6. The van der Waals surface area contributed by atoms with E-state index in [2.05, 4.69) is 35.9 Å². The third-order valence-electron chi connectivity index (χ3n) is 7.62. The van der Waals surface area contributed by atoms with Gasteiger partial charge in [0.15, 0.2) is 11.5 Å². The average molecular weight is 549 g/mol. The van der Waals surface area contributed by atoms with Crippen molar-refractivity contribution in [2.45, 2.75) is 39.3 Å². The zero-order chi connectivity index (χ0) is 29.0. The van der Waals surface area contributed by atoms with Gasteiger partial charge in [-0.1, -0.05) is 26.0 Å². The van der Waals surface area contributed by atoms with E-state index in [0.717, 1.165) is 37.4 Å². The Balaban J connectivity index is 1.38. The molecule has 4 rings (SSSR count). The first-order chi connectivity index (χ1) is 19.0. The number of hydrogen-bond acceptors (Lipinski definition) is 8. The Hall–Kier alpha value is -4.11. The number of amides is 1. The van der Waals surface area contributed by atoms with E-state index < -0.39 is 0 Å². The van der Waals surface area contributed by atoms with Crippen molar-refractivity contribution in [3.8, 4) is 23.0 Å². The SMILES string of the molecule is COc1cc(O)c(Cc2ccc(C(=O)N[C@H](CN3CCN(c4cccc(O)c4)[C@@H](C)C3)C(C)C)cc2N)cc1O. The van der Waals surface area contributed by atoms with Crippen LogP contribution < -0.4 is 20.7 Å². The molecule has 0 aromatic heterocycles. The lowest BCUT2D eigenvalue weighted by molar-refractivity contribution is 0.0903. The van der Waals surface area contributed by atoms with Crippen molar-refractivity contribution in [2.24, 2.45) is 5.92 Å². The molecule has 1 aliphatic heterocycles. The van der Waals surface area contributed by atoms with E-state index in [1.54, 1.807) is 30.3 Å². The summed E-state index contributed by atoms with van der Waals surface area (Å²) >= 11 is 0. The predicted octanol–water partition coefficient (Wildman–Crippen LogP) is 3.95. The van der Waals surface area contributed by atoms with Crippen LogP contribution in [0.4, 0.5) is 11.4 Å². The van der Waals surface area contributed by atoms with E-state index in [1.165, 1.54) is 19.2 Å². The summed E-state index contributed by atoms with van der Waals surface area (Å²) < 4.78 is 5.03. The molecule has 0 saturated carbocycles. The number of nitrogen functional groups attached to an aromatic ring is 1. The summed E-state index contributed by atoms with van der Waals surface area (Å²) in [4.78, 5) is 17.9. The van der Waals surface area contributed by atoms with E-state index in [9.17, 15) is 20.1 Å². The zero-order valence-electron chi connectivity index (χ0n) is 23.6. The smallest absolute Gasteiger partial charge is 0.251 e. The lowest BCUT2D eigenvalue weighted by Gasteiger charge is -2.42. The Morgan fingerprint density at radius 3 is 2.48 bits per heavy atom. The topological polar surface area (TPSA) is 132 Å². The van der Waals surface area contributed by atoms with Crippen molar-refractivity contribution in [1.82, 2.24) is 10.2 Å². The molecule has 214 valence electrons. The molecule has 1 aliphatic rings. The summed E-state index contributed by atoms with van der Waals surface area (Å²) in [5, 5.41) is 33.5. The van der Waals surface area contributed by atoms with Crippen LogP contribution in [0, 0.1) is 5.92 Å². The van der Waals surface area contributed by atoms with Gasteiger partial charge < -0.3 is 36.0 Å². The number of phenolic OH excluding ortho intramolecular Hbond substituents is 3. The molecule has 0 aliphatic carbocycles. The minimum atomic E-state index is -0.187. The Labute approximate surface area is 235 Å². The molecule has 1 fully saturated rings. The Morgan fingerprint density at radius 1 is 1.05 bits per heavy atom. The van der Waals surface area contributed by atoms with Crippen molar-refractivity contribution in [1.29, 1.82) is 0 Å². The van der Waals surface area contributed by atoms with Crippen LogP contribution in [0.2, 0.25) is 0 Å². The maximum absolute atomic E-state index is 13.2. The van der Waals surface area contributed by atoms with Crippen molar-refractivity contribution in [2.75, 3.05) is 43.9 Å². The molecule has 3 aromatic carbocycles. The molecule has 0 bridgehead atoms. The Bertz CT molecular complexity index is 1350. The van der Waals surface area contributed by atoms with E-state index in [4.69, 9.17) is 10.5 Å². The fourth-order valence-corrected chi connectivity index (χ4v) is 5.22. The first kappa shape index (κ1) is 28.9. The molecular formula is C31H40N4O5. The Kier molecular flexibility index (Phi) is 8.94. The number of carbonyl (C=O) groups is 1. The van der Waals surface area contributed by atoms with Crippen LogP contribution in [0.3, 0.4) is 0 Å². The third kappa shape index (κ3) is 6.71. The number of hydrogen-bond donors (Lipinski definition) is 5. The molecular weight excluding hydrogens is 508 g/mol. The van der Waals surface area contributed by atoms with Crippen LogP contribution in [-0.4, -0.2) is 71.5 Å². The van der Waals surface area contributed by atoms with Crippen LogP contribution in [0.5, 0.6) is 23.0 Å². The van der Waals surface area contributed by atoms with Crippen LogP contribution >= 0.6 is 0 Å². The largest absolute Gasteiger partial charge is 0.508 e. The van der Waals surface area contributed by atoms with Gasteiger partial charge >= 0.3 is 0 Å². The number of benzene rings is 3. The molecule has 9 heteroatoms. The van der Waals surface area contributed by atoms with E-state index in [-0.39, 0.29) is 46.9 Å². The molecule has 0 unspecified atom stereocenters. The summed E-state index contributed by atoms with van der Waals surface area (Å²) in [6, 6.07) is 15.5. The fourth-order valence-electron chi connectivity index (χ4n) is 5.22. The molecule has 6 N–H and O–H groups in total. The van der Waals surface area contributed by atoms with Gasteiger partial charge in [-0.2, -0.15) is 0 Å². The second kappa shape index (κ2) is 12.4. The summed E-state index contributed by atoms with van der Waals surface area (Å²) in [5.74, 6) is 0.418. The number of aromatic hydroxyl groups is 3. The highest BCUT2D eigenvalue weighted by Gasteiger charge is 2.28. The summed E-state index contributed by atoms with van der Waals surface area (Å²) in [5.41, 5.74) is 9.45. The average Bonchev–Trinajstić information content (AvgIpc) is 2.91. The highest BCUT2D eigenvalue weighted by atomic mass is 16.5. The molecule has 1 saturated heterocycles. The first-order valence-electron chi connectivity index (χ1n) is 13.6. The summed E-state index contributed by atoms with van der Waals surface area (Å²) in [7, 11) is 1.42. The van der Waals surface area contributed by atoms with Crippen molar-refractivity contribution >= 4 is 17.3 Å². The number of nitrogens with one attached hydrogen (secondary N) is 1. The molecule has 1 heterocycles. The quantitative estimate of drug-likeness (QED) is 0.201. The number of carbonyl (C=O) groups excluding carboxylic acids is 1.